The second-order valence-corrected chi connectivity index (χ2v) is 7.88. The molecule has 3 atom stereocenters. The second-order valence-electron chi connectivity index (χ2n) is 7.03. The van der Waals surface area contributed by atoms with Crippen LogP contribution in [0.4, 0.5) is 0 Å². The average molecular weight is 423 g/mol. The summed E-state index contributed by atoms with van der Waals surface area (Å²) in [7, 11) is 0. The standard InChI is InChI=1S/C21H27BrO4/c1-2-3-4-7-12-24-15-10-11-16-19(13-15)25-14-20(21(16)23)26-18-9-6-5-8-17(18)22/h5-6,8-9,14-16,19H,2-4,7,10-13H2,1H3. The van der Waals surface area contributed by atoms with Crippen molar-refractivity contribution in [1.29, 1.82) is 0 Å². The first-order valence-corrected chi connectivity index (χ1v) is 10.4. The Balaban J connectivity index is 1.53. The molecule has 0 bridgehead atoms. The van der Waals surface area contributed by atoms with E-state index in [1.807, 2.05) is 24.3 Å². The fourth-order valence-corrected chi connectivity index (χ4v) is 3.95. The third-order valence-electron chi connectivity index (χ3n) is 5.08. The van der Waals surface area contributed by atoms with Gasteiger partial charge in [-0.3, -0.25) is 4.79 Å². The molecule has 4 nitrogen and oxygen atoms in total. The molecule has 1 aliphatic heterocycles. The molecule has 0 saturated heterocycles. The number of para-hydroxylation sites is 1. The maximum absolute atomic E-state index is 12.8. The Labute approximate surface area is 164 Å². The number of benzene rings is 1. The summed E-state index contributed by atoms with van der Waals surface area (Å²) in [6.45, 7) is 3.02. The van der Waals surface area contributed by atoms with Crippen LogP contribution >= 0.6 is 15.9 Å². The molecular formula is C21H27BrO4. The summed E-state index contributed by atoms with van der Waals surface area (Å²) in [5.41, 5.74) is 0. The predicted octanol–water partition coefficient (Wildman–Crippen LogP) is 5.40. The summed E-state index contributed by atoms with van der Waals surface area (Å²) in [5, 5.41) is 0. The van der Waals surface area contributed by atoms with E-state index in [9.17, 15) is 4.79 Å². The molecule has 0 spiro atoms. The normalized spacial score (nSPS) is 25.2. The van der Waals surface area contributed by atoms with Gasteiger partial charge in [0.05, 0.1) is 16.5 Å². The van der Waals surface area contributed by atoms with Crippen LogP contribution in [0.3, 0.4) is 0 Å². The van der Waals surface area contributed by atoms with E-state index in [4.69, 9.17) is 14.2 Å². The van der Waals surface area contributed by atoms with Crippen molar-refractivity contribution in [2.75, 3.05) is 6.61 Å². The number of carbonyl (C=O) groups excluding carboxylic acids is 1. The maximum Gasteiger partial charge on any atom is 0.208 e. The van der Waals surface area contributed by atoms with E-state index in [-0.39, 0.29) is 29.7 Å². The fourth-order valence-electron chi connectivity index (χ4n) is 3.58. The summed E-state index contributed by atoms with van der Waals surface area (Å²) in [6, 6.07) is 7.49. The zero-order valence-corrected chi connectivity index (χ0v) is 16.9. The van der Waals surface area contributed by atoms with E-state index in [0.29, 0.717) is 5.75 Å². The van der Waals surface area contributed by atoms with Crippen molar-refractivity contribution >= 4 is 21.7 Å². The van der Waals surface area contributed by atoms with E-state index in [1.165, 1.54) is 25.5 Å². The molecule has 1 fully saturated rings. The van der Waals surface area contributed by atoms with E-state index in [0.717, 1.165) is 36.8 Å². The Kier molecular flexibility index (Phi) is 7.15. The van der Waals surface area contributed by atoms with Crippen LogP contribution in [-0.4, -0.2) is 24.6 Å². The summed E-state index contributed by atoms with van der Waals surface area (Å²) in [6.07, 6.45) is 8.90. The van der Waals surface area contributed by atoms with Gasteiger partial charge in [0, 0.05) is 13.0 Å². The lowest BCUT2D eigenvalue weighted by atomic mass is 9.80. The maximum atomic E-state index is 12.8. The van der Waals surface area contributed by atoms with E-state index in [2.05, 4.69) is 22.9 Å². The highest BCUT2D eigenvalue weighted by atomic mass is 79.9. The number of rotatable bonds is 8. The number of ether oxygens (including phenoxy) is 3. The van der Waals surface area contributed by atoms with Crippen molar-refractivity contribution < 1.29 is 19.0 Å². The van der Waals surface area contributed by atoms with Gasteiger partial charge in [0.15, 0.2) is 0 Å². The van der Waals surface area contributed by atoms with Gasteiger partial charge in [-0.05, 0) is 47.3 Å². The number of Topliss-reactive ketones (excluding diaryl/α,β-unsaturated/α-hetero) is 1. The molecule has 2 aliphatic rings. The first-order chi connectivity index (χ1) is 12.7. The van der Waals surface area contributed by atoms with E-state index < -0.39 is 0 Å². The molecule has 1 aromatic carbocycles. The van der Waals surface area contributed by atoms with Crippen LogP contribution in [0.15, 0.2) is 40.8 Å². The monoisotopic (exact) mass is 422 g/mol. The van der Waals surface area contributed by atoms with Crippen LogP contribution in [0, 0.1) is 5.92 Å². The van der Waals surface area contributed by atoms with Crippen molar-refractivity contribution in [2.24, 2.45) is 5.92 Å². The number of ketones is 1. The molecular weight excluding hydrogens is 396 g/mol. The Morgan fingerprint density at radius 3 is 2.85 bits per heavy atom. The lowest BCUT2D eigenvalue weighted by molar-refractivity contribution is -0.133. The van der Waals surface area contributed by atoms with Crippen LogP contribution in [0.1, 0.15) is 51.9 Å². The molecule has 142 valence electrons. The lowest BCUT2D eigenvalue weighted by Crippen LogP contribution is -2.42. The van der Waals surface area contributed by atoms with Crippen LogP contribution in [-0.2, 0) is 14.3 Å². The molecule has 0 amide bonds. The van der Waals surface area contributed by atoms with Crippen LogP contribution in [0.2, 0.25) is 0 Å². The van der Waals surface area contributed by atoms with Gasteiger partial charge in [-0.1, -0.05) is 38.3 Å². The molecule has 1 saturated carbocycles. The van der Waals surface area contributed by atoms with Crippen molar-refractivity contribution in [3.05, 3.63) is 40.8 Å². The highest BCUT2D eigenvalue weighted by molar-refractivity contribution is 9.10. The number of hydrogen-bond acceptors (Lipinski definition) is 4. The minimum atomic E-state index is -0.127. The number of allylic oxidation sites excluding steroid dienone is 1. The molecule has 1 heterocycles. The van der Waals surface area contributed by atoms with Gasteiger partial charge < -0.3 is 14.2 Å². The van der Waals surface area contributed by atoms with Gasteiger partial charge >= 0.3 is 0 Å². The fraction of sp³-hybridized carbons (Fsp3) is 0.571. The van der Waals surface area contributed by atoms with Crippen LogP contribution < -0.4 is 4.74 Å². The SMILES string of the molecule is CCCCCCOC1CCC2C(=O)C(Oc3ccccc3Br)=COC2C1. The van der Waals surface area contributed by atoms with E-state index >= 15 is 0 Å². The number of carbonyl (C=O) groups is 1. The summed E-state index contributed by atoms with van der Waals surface area (Å²) >= 11 is 3.44. The number of fused-ring (bicyclic) bond motifs is 1. The lowest BCUT2D eigenvalue weighted by Gasteiger charge is -2.37. The first kappa shape index (κ1) is 19.4. The molecule has 26 heavy (non-hydrogen) atoms. The van der Waals surface area contributed by atoms with Gasteiger partial charge in [0.25, 0.3) is 0 Å². The summed E-state index contributed by atoms with van der Waals surface area (Å²) in [5.74, 6) is 0.825. The van der Waals surface area contributed by atoms with Gasteiger partial charge in [-0.15, -0.1) is 0 Å². The minimum Gasteiger partial charge on any atom is -0.493 e. The van der Waals surface area contributed by atoms with Gasteiger partial charge in [-0.25, -0.2) is 0 Å². The third kappa shape index (κ3) is 4.89. The quantitative estimate of drug-likeness (QED) is 0.525. The molecule has 0 aromatic heterocycles. The van der Waals surface area contributed by atoms with Crippen molar-refractivity contribution in [1.82, 2.24) is 0 Å². The van der Waals surface area contributed by atoms with Gasteiger partial charge in [-0.2, -0.15) is 0 Å². The van der Waals surface area contributed by atoms with Crippen LogP contribution in [0.25, 0.3) is 0 Å². The third-order valence-corrected chi connectivity index (χ3v) is 5.74. The zero-order valence-electron chi connectivity index (χ0n) is 15.3. The van der Waals surface area contributed by atoms with Crippen LogP contribution in [0.5, 0.6) is 5.75 Å². The molecule has 1 aliphatic carbocycles. The Morgan fingerprint density at radius 2 is 2.04 bits per heavy atom. The summed E-state index contributed by atoms with van der Waals surface area (Å²) in [4.78, 5) is 12.8. The Hall–Kier alpha value is -1.33. The Bertz CT molecular complexity index is 643. The molecule has 3 rings (SSSR count). The topological polar surface area (TPSA) is 44.8 Å². The highest BCUT2D eigenvalue weighted by Crippen LogP contribution is 2.36. The number of hydrogen-bond donors (Lipinski definition) is 0. The van der Waals surface area contributed by atoms with Gasteiger partial charge in [0.2, 0.25) is 11.5 Å². The molecule has 0 radical (unpaired) electrons. The molecule has 0 N–H and O–H groups in total. The largest absolute Gasteiger partial charge is 0.493 e. The zero-order chi connectivity index (χ0) is 18.4. The van der Waals surface area contributed by atoms with E-state index in [1.54, 1.807) is 0 Å². The van der Waals surface area contributed by atoms with Crippen molar-refractivity contribution in [2.45, 2.75) is 64.1 Å². The molecule has 3 unspecified atom stereocenters. The Morgan fingerprint density at radius 1 is 1.19 bits per heavy atom. The minimum absolute atomic E-state index is 0.0402. The smallest absolute Gasteiger partial charge is 0.208 e. The first-order valence-electron chi connectivity index (χ1n) is 9.63. The highest BCUT2D eigenvalue weighted by Gasteiger charge is 2.41. The molecule has 1 aromatic rings. The number of halogens is 1. The van der Waals surface area contributed by atoms with Crippen molar-refractivity contribution in [3.63, 3.8) is 0 Å². The van der Waals surface area contributed by atoms with Crippen molar-refractivity contribution in [3.8, 4) is 5.75 Å². The van der Waals surface area contributed by atoms with Gasteiger partial charge in [0.1, 0.15) is 18.1 Å². The summed E-state index contributed by atoms with van der Waals surface area (Å²) < 4.78 is 18.5. The average Bonchev–Trinajstić information content (AvgIpc) is 2.65. The molecule has 5 heteroatoms. The number of unbranched alkanes of at least 4 members (excludes halogenated alkanes) is 3. The second kappa shape index (κ2) is 9.56. The predicted molar refractivity (Wildman–Crippen MR) is 104 cm³/mol.